The van der Waals surface area contributed by atoms with Crippen LogP contribution < -0.4 is 4.90 Å². The number of aliphatic carboxylic acids is 1. The Morgan fingerprint density at radius 1 is 1.13 bits per heavy atom. The first kappa shape index (κ1) is 15.4. The summed E-state index contributed by atoms with van der Waals surface area (Å²) in [5.41, 5.74) is 1.66. The lowest BCUT2D eigenvalue weighted by atomic mass is 10.0. The number of fused-ring (bicyclic) bond motifs is 1. The molecule has 120 valence electrons. The lowest BCUT2D eigenvalue weighted by molar-refractivity contribution is -0.166. The number of rotatable bonds is 3. The SMILES string of the molecule is O=C(O)C(F)(F)c1cccc(N2CCCc3ccccc3C2)n1. The Morgan fingerprint density at radius 2 is 1.87 bits per heavy atom. The molecule has 1 aromatic carbocycles. The van der Waals surface area contributed by atoms with Crippen LogP contribution in [0.3, 0.4) is 0 Å². The van der Waals surface area contributed by atoms with Gasteiger partial charge in [-0.15, -0.1) is 0 Å². The molecule has 2 heterocycles. The van der Waals surface area contributed by atoms with Crippen LogP contribution in [0.1, 0.15) is 23.2 Å². The van der Waals surface area contributed by atoms with E-state index in [1.807, 2.05) is 23.1 Å². The molecule has 1 aliphatic heterocycles. The number of anilines is 1. The second-order valence-corrected chi connectivity index (χ2v) is 5.55. The fourth-order valence-electron chi connectivity index (χ4n) is 2.78. The van der Waals surface area contributed by atoms with Gasteiger partial charge in [-0.3, -0.25) is 0 Å². The van der Waals surface area contributed by atoms with Crippen molar-refractivity contribution in [2.24, 2.45) is 0 Å². The highest BCUT2D eigenvalue weighted by atomic mass is 19.3. The van der Waals surface area contributed by atoms with Crippen LogP contribution >= 0.6 is 0 Å². The molecule has 3 rings (SSSR count). The Morgan fingerprint density at radius 3 is 2.61 bits per heavy atom. The van der Waals surface area contributed by atoms with Gasteiger partial charge in [-0.1, -0.05) is 30.3 Å². The van der Waals surface area contributed by atoms with E-state index in [2.05, 4.69) is 11.1 Å². The molecule has 0 bridgehead atoms. The fraction of sp³-hybridized carbons (Fsp3) is 0.294. The highest BCUT2D eigenvalue weighted by Crippen LogP contribution is 2.29. The number of carboxylic acids is 1. The van der Waals surface area contributed by atoms with E-state index in [4.69, 9.17) is 5.11 Å². The van der Waals surface area contributed by atoms with Gasteiger partial charge in [0, 0.05) is 13.1 Å². The Labute approximate surface area is 132 Å². The zero-order valence-corrected chi connectivity index (χ0v) is 12.4. The quantitative estimate of drug-likeness (QED) is 0.944. The van der Waals surface area contributed by atoms with Crippen molar-refractivity contribution in [2.75, 3.05) is 11.4 Å². The molecule has 0 amide bonds. The summed E-state index contributed by atoms with van der Waals surface area (Å²) < 4.78 is 27.3. The van der Waals surface area contributed by atoms with Crippen LogP contribution in [0.25, 0.3) is 0 Å². The van der Waals surface area contributed by atoms with Crippen LogP contribution in [0.4, 0.5) is 14.6 Å². The standard InChI is InChI=1S/C17H16F2N2O2/c18-17(19,16(22)23)14-8-3-9-15(20-14)21-10-4-7-12-5-1-2-6-13(12)11-21/h1-3,5-6,8-9H,4,7,10-11H2,(H,22,23). The zero-order chi connectivity index (χ0) is 16.4. The minimum absolute atomic E-state index is 0.375. The van der Waals surface area contributed by atoms with Crippen LogP contribution in [0, 0.1) is 0 Å². The molecule has 0 spiro atoms. The number of hydrogen-bond acceptors (Lipinski definition) is 3. The monoisotopic (exact) mass is 318 g/mol. The van der Waals surface area contributed by atoms with Crippen molar-refractivity contribution in [2.45, 2.75) is 25.3 Å². The molecular weight excluding hydrogens is 302 g/mol. The number of benzene rings is 1. The molecule has 1 N–H and O–H groups in total. The molecule has 0 fully saturated rings. The molecule has 0 aliphatic carbocycles. The first-order valence-electron chi connectivity index (χ1n) is 7.39. The third-order valence-electron chi connectivity index (χ3n) is 4.00. The number of carbonyl (C=O) groups is 1. The lowest BCUT2D eigenvalue weighted by Crippen LogP contribution is -2.29. The Hall–Kier alpha value is -2.50. The van der Waals surface area contributed by atoms with Gasteiger partial charge in [-0.25, -0.2) is 9.78 Å². The van der Waals surface area contributed by atoms with Crippen molar-refractivity contribution in [3.05, 3.63) is 59.3 Å². The molecule has 0 atom stereocenters. The molecule has 1 aromatic heterocycles. The minimum Gasteiger partial charge on any atom is -0.476 e. The van der Waals surface area contributed by atoms with E-state index in [9.17, 15) is 13.6 Å². The second kappa shape index (κ2) is 5.95. The minimum atomic E-state index is -3.99. The third-order valence-corrected chi connectivity index (χ3v) is 4.00. The molecule has 0 saturated carbocycles. The number of alkyl halides is 2. The average molecular weight is 318 g/mol. The van der Waals surface area contributed by atoms with Gasteiger partial charge in [-0.05, 0) is 36.1 Å². The summed E-state index contributed by atoms with van der Waals surface area (Å²) in [6.07, 6.45) is 1.82. The van der Waals surface area contributed by atoms with E-state index in [1.165, 1.54) is 11.6 Å². The van der Waals surface area contributed by atoms with Gasteiger partial charge in [0.05, 0.1) is 0 Å². The Bertz CT molecular complexity index is 734. The highest BCUT2D eigenvalue weighted by Gasteiger charge is 2.43. The van der Waals surface area contributed by atoms with Gasteiger partial charge >= 0.3 is 11.9 Å². The van der Waals surface area contributed by atoms with E-state index in [0.29, 0.717) is 18.9 Å². The lowest BCUT2D eigenvalue weighted by Gasteiger charge is -2.23. The highest BCUT2D eigenvalue weighted by molar-refractivity contribution is 5.76. The van der Waals surface area contributed by atoms with Gasteiger partial charge in [0.25, 0.3) is 0 Å². The molecular formula is C17H16F2N2O2. The second-order valence-electron chi connectivity index (χ2n) is 5.55. The van der Waals surface area contributed by atoms with Crippen LogP contribution in [0.2, 0.25) is 0 Å². The maximum absolute atomic E-state index is 13.7. The topological polar surface area (TPSA) is 53.4 Å². The van der Waals surface area contributed by atoms with E-state index >= 15 is 0 Å². The Balaban J connectivity index is 1.92. The van der Waals surface area contributed by atoms with Crippen LogP contribution in [-0.2, 0) is 23.7 Å². The summed E-state index contributed by atoms with van der Waals surface area (Å²) in [6.45, 7) is 1.26. The molecule has 4 nitrogen and oxygen atoms in total. The largest absolute Gasteiger partial charge is 0.476 e. The maximum Gasteiger partial charge on any atom is 0.384 e. The van der Waals surface area contributed by atoms with Crippen molar-refractivity contribution in [3.8, 4) is 0 Å². The molecule has 1 aliphatic rings. The predicted octanol–water partition coefficient (Wildman–Crippen LogP) is 3.21. The molecule has 0 radical (unpaired) electrons. The number of aryl methyl sites for hydroxylation is 1. The molecule has 6 heteroatoms. The van der Waals surface area contributed by atoms with E-state index in [0.717, 1.165) is 24.5 Å². The van der Waals surface area contributed by atoms with Gasteiger partial charge < -0.3 is 10.0 Å². The van der Waals surface area contributed by atoms with Crippen LogP contribution in [0.5, 0.6) is 0 Å². The summed E-state index contributed by atoms with van der Waals surface area (Å²) in [4.78, 5) is 16.5. The van der Waals surface area contributed by atoms with Crippen molar-refractivity contribution in [3.63, 3.8) is 0 Å². The number of pyridine rings is 1. The van der Waals surface area contributed by atoms with E-state index in [1.54, 1.807) is 6.07 Å². The molecule has 2 aromatic rings. The normalized spacial score (nSPS) is 15.0. The van der Waals surface area contributed by atoms with Crippen molar-refractivity contribution in [1.29, 1.82) is 0 Å². The van der Waals surface area contributed by atoms with E-state index < -0.39 is 17.6 Å². The number of carboxylic acid groups (broad SMARTS) is 1. The average Bonchev–Trinajstić information content (AvgIpc) is 2.77. The van der Waals surface area contributed by atoms with Gasteiger partial charge in [0.1, 0.15) is 11.5 Å². The maximum atomic E-state index is 13.7. The summed E-state index contributed by atoms with van der Waals surface area (Å²) >= 11 is 0. The van der Waals surface area contributed by atoms with Gasteiger partial charge in [-0.2, -0.15) is 8.78 Å². The smallest absolute Gasteiger partial charge is 0.384 e. The van der Waals surface area contributed by atoms with Crippen molar-refractivity contribution >= 4 is 11.8 Å². The van der Waals surface area contributed by atoms with Crippen LogP contribution in [0.15, 0.2) is 42.5 Å². The van der Waals surface area contributed by atoms with Crippen molar-refractivity contribution < 1.29 is 18.7 Å². The molecule has 23 heavy (non-hydrogen) atoms. The van der Waals surface area contributed by atoms with Crippen LogP contribution in [-0.4, -0.2) is 22.6 Å². The first-order valence-corrected chi connectivity index (χ1v) is 7.39. The van der Waals surface area contributed by atoms with E-state index in [-0.39, 0.29) is 0 Å². The predicted molar refractivity (Wildman–Crippen MR) is 81.6 cm³/mol. The summed E-state index contributed by atoms with van der Waals surface area (Å²) in [5.74, 6) is -5.80. The third kappa shape index (κ3) is 3.02. The summed E-state index contributed by atoms with van der Waals surface area (Å²) in [7, 11) is 0. The number of nitrogens with zero attached hydrogens (tertiary/aromatic N) is 2. The zero-order valence-electron chi connectivity index (χ0n) is 12.4. The van der Waals surface area contributed by atoms with Gasteiger partial charge in [0.15, 0.2) is 0 Å². The molecule has 0 unspecified atom stereocenters. The first-order chi connectivity index (χ1) is 11.0. The number of hydrogen-bond donors (Lipinski definition) is 1. The number of aromatic nitrogens is 1. The fourth-order valence-corrected chi connectivity index (χ4v) is 2.78. The molecule has 0 saturated heterocycles. The number of halogens is 2. The van der Waals surface area contributed by atoms with Crippen molar-refractivity contribution in [1.82, 2.24) is 4.98 Å². The summed E-state index contributed by atoms with van der Waals surface area (Å²) in [6, 6.07) is 12.1. The Kier molecular flexibility index (Phi) is 3.98. The van der Waals surface area contributed by atoms with Gasteiger partial charge in [0.2, 0.25) is 0 Å². The summed E-state index contributed by atoms with van der Waals surface area (Å²) in [5, 5.41) is 8.67.